The van der Waals surface area contributed by atoms with E-state index in [0.29, 0.717) is 17.6 Å². The zero-order chi connectivity index (χ0) is 18.0. The third kappa shape index (κ3) is 3.71. The van der Waals surface area contributed by atoms with E-state index in [1.807, 2.05) is 49.9 Å². The topological polar surface area (TPSA) is 92.9 Å². The van der Waals surface area contributed by atoms with Crippen molar-refractivity contribution in [1.82, 2.24) is 19.9 Å². The van der Waals surface area contributed by atoms with Gasteiger partial charge in [-0.1, -0.05) is 0 Å². The highest BCUT2D eigenvalue weighted by molar-refractivity contribution is 6.28. The number of halogens is 1. The molecule has 7 nitrogen and oxygen atoms in total. The van der Waals surface area contributed by atoms with Gasteiger partial charge < -0.3 is 16.0 Å². The number of aromatic nitrogens is 4. The number of benzene rings is 1. The van der Waals surface area contributed by atoms with Crippen molar-refractivity contribution in [2.75, 3.05) is 29.0 Å². The average Bonchev–Trinajstić information content (AvgIpc) is 2.56. The van der Waals surface area contributed by atoms with Gasteiger partial charge in [-0.2, -0.15) is 15.0 Å². The Hall–Kier alpha value is -2.67. The number of anilines is 4. The Morgan fingerprint density at radius 3 is 2.56 bits per heavy atom. The van der Waals surface area contributed by atoms with E-state index >= 15 is 0 Å². The van der Waals surface area contributed by atoms with E-state index < -0.39 is 0 Å². The molecule has 0 aliphatic rings. The number of nitrogens with one attached hydrogen (secondary N) is 1. The molecule has 130 valence electrons. The summed E-state index contributed by atoms with van der Waals surface area (Å²) >= 11 is 6.05. The molecule has 2 heterocycles. The van der Waals surface area contributed by atoms with Crippen molar-refractivity contribution < 1.29 is 0 Å². The van der Waals surface area contributed by atoms with Crippen LogP contribution in [0.25, 0.3) is 10.9 Å². The van der Waals surface area contributed by atoms with E-state index in [1.54, 1.807) is 0 Å². The summed E-state index contributed by atoms with van der Waals surface area (Å²) in [4.78, 5) is 19.3. The summed E-state index contributed by atoms with van der Waals surface area (Å²) < 4.78 is 0. The van der Waals surface area contributed by atoms with Crippen LogP contribution in [0.15, 0.2) is 24.3 Å². The molecular formula is C17H20ClN7. The molecule has 2 aromatic heterocycles. The zero-order valence-electron chi connectivity index (χ0n) is 14.4. The van der Waals surface area contributed by atoms with Crippen molar-refractivity contribution in [3.63, 3.8) is 0 Å². The molecule has 0 unspecified atom stereocenters. The largest absolute Gasteiger partial charge is 0.398 e. The molecule has 25 heavy (non-hydrogen) atoms. The van der Waals surface area contributed by atoms with Gasteiger partial charge in [0.1, 0.15) is 0 Å². The van der Waals surface area contributed by atoms with Crippen LogP contribution in [-0.4, -0.2) is 33.0 Å². The third-order valence-electron chi connectivity index (χ3n) is 3.87. The predicted octanol–water partition coefficient (Wildman–Crippen LogP) is 3.55. The zero-order valence-corrected chi connectivity index (χ0v) is 15.2. The van der Waals surface area contributed by atoms with Gasteiger partial charge >= 0.3 is 0 Å². The summed E-state index contributed by atoms with van der Waals surface area (Å²) in [5, 5.41) is 4.19. The highest BCUT2D eigenvalue weighted by Gasteiger charge is 2.11. The lowest BCUT2D eigenvalue weighted by Crippen LogP contribution is -2.24. The van der Waals surface area contributed by atoms with Crippen molar-refractivity contribution in [3.8, 4) is 0 Å². The monoisotopic (exact) mass is 357 g/mol. The van der Waals surface area contributed by atoms with E-state index in [2.05, 4.69) is 25.3 Å². The molecule has 3 rings (SSSR count). The van der Waals surface area contributed by atoms with Gasteiger partial charge in [-0.05, 0) is 56.6 Å². The maximum absolute atomic E-state index is 6.11. The molecule has 0 atom stereocenters. The minimum atomic E-state index is 0.150. The molecule has 0 amide bonds. The standard InChI is InChI=1S/C17H20ClN7/c1-4-25(5-2)17-23-15(18)22-16(24-17)21-11-6-7-14-12(9-11)13(19)8-10(3)20-14/h6-9H,4-5H2,1-3H3,(H2,19,20)(H,21,22,23,24). The number of hydrogen-bond acceptors (Lipinski definition) is 7. The van der Waals surface area contributed by atoms with Gasteiger partial charge in [0, 0.05) is 35.5 Å². The smallest absolute Gasteiger partial charge is 0.233 e. The second kappa shape index (κ2) is 7.06. The Morgan fingerprint density at radius 2 is 1.84 bits per heavy atom. The molecule has 0 fully saturated rings. The summed E-state index contributed by atoms with van der Waals surface area (Å²) in [5.41, 5.74) is 9.33. The maximum Gasteiger partial charge on any atom is 0.233 e. The third-order valence-corrected chi connectivity index (χ3v) is 4.04. The van der Waals surface area contributed by atoms with E-state index in [0.717, 1.165) is 35.4 Å². The molecule has 0 saturated heterocycles. The van der Waals surface area contributed by atoms with Crippen molar-refractivity contribution in [2.45, 2.75) is 20.8 Å². The van der Waals surface area contributed by atoms with Crippen LogP contribution in [-0.2, 0) is 0 Å². The molecule has 0 aliphatic heterocycles. The minimum Gasteiger partial charge on any atom is -0.398 e. The predicted molar refractivity (Wildman–Crippen MR) is 103 cm³/mol. The number of nitrogens with zero attached hydrogens (tertiary/aromatic N) is 5. The number of nitrogen functional groups attached to an aromatic ring is 1. The number of nitrogens with two attached hydrogens (primary N) is 1. The van der Waals surface area contributed by atoms with Gasteiger partial charge in [0.25, 0.3) is 0 Å². The molecule has 8 heteroatoms. The lowest BCUT2D eigenvalue weighted by atomic mass is 10.1. The van der Waals surface area contributed by atoms with Gasteiger partial charge in [0.2, 0.25) is 17.2 Å². The Labute approximate surface area is 151 Å². The molecule has 0 saturated carbocycles. The first kappa shape index (κ1) is 17.2. The molecule has 3 N–H and O–H groups in total. The Balaban J connectivity index is 1.95. The normalized spacial score (nSPS) is 10.9. The molecule has 0 bridgehead atoms. The molecule has 1 aromatic carbocycles. The first-order valence-electron chi connectivity index (χ1n) is 8.10. The van der Waals surface area contributed by atoms with Crippen LogP contribution in [0.4, 0.5) is 23.3 Å². The highest BCUT2D eigenvalue weighted by Crippen LogP contribution is 2.25. The number of pyridine rings is 1. The van der Waals surface area contributed by atoms with Crippen LogP contribution < -0.4 is 16.0 Å². The second-order valence-corrected chi connectivity index (χ2v) is 5.95. The number of aryl methyl sites for hydroxylation is 1. The summed E-state index contributed by atoms with van der Waals surface area (Å²) in [6, 6.07) is 7.59. The Kier molecular flexibility index (Phi) is 4.85. The van der Waals surface area contributed by atoms with Crippen LogP contribution in [0.2, 0.25) is 5.28 Å². The van der Waals surface area contributed by atoms with Crippen LogP contribution in [0.1, 0.15) is 19.5 Å². The summed E-state index contributed by atoms with van der Waals surface area (Å²) in [5.74, 6) is 0.935. The molecule has 0 aliphatic carbocycles. The fraction of sp³-hybridized carbons (Fsp3) is 0.294. The van der Waals surface area contributed by atoms with Gasteiger partial charge in [-0.3, -0.25) is 4.98 Å². The van der Waals surface area contributed by atoms with Crippen molar-refractivity contribution in [3.05, 3.63) is 35.2 Å². The van der Waals surface area contributed by atoms with E-state index in [4.69, 9.17) is 17.3 Å². The SMILES string of the molecule is CCN(CC)c1nc(Cl)nc(Nc2ccc3nc(C)cc(N)c3c2)n1. The lowest BCUT2D eigenvalue weighted by molar-refractivity contribution is 0.814. The first-order valence-corrected chi connectivity index (χ1v) is 8.48. The van der Waals surface area contributed by atoms with E-state index in [1.165, 1.54) is 0 Å². The molecule has 0 radical (unpaired) electrons. The average molecular weight is 358 g/mol. The first-order chi connectivity index (χ1) is 12.0. The number of rotatable bonds is 5. The quantitative estimate of drug-likeness (QED) is 0.721. The van der Waals surface area contributed by atoms with Crippen molar-refractivity contribution >= 4 is 45.8 Å². The van der Waals surface area contributed by atoms with Gasteiger partial charge in [-0.15, -0.1) is 0 Å². The Morgan fingerprint density at radius 1 is 1.08 bits per heavy atom. The maximum atomic E-state index is 6.11. The van der Waals surface area contributed by atoms with Crippen LogP contribution in [0.3, 0.4) is 0 Å². The fourth-order valence-electron chi connectivity index (χ4n) is 2.64. The molecule has 0 spiro atoms. The van der Waals surface area contributed by atoms with E-state index in [-0.39, 0.29) is 5.28 Å². The van der Waals surface area contributed by atoms with Crippen LogP contribution in [0.5, 0.6) is 0 Å². The van der Waals surface area contributed by atoms with Crippen LogP contribution >= 0.6 is 11.6 Å². The van der Waals surface area contributed by atoms with Gasteiger partial charge in [-0.25, -0.2) is 0 Å². The molecular weight excluding hydrogens is 338 g/mol. The minimum absolute atomic E-state index is 0.150. The second-order valence-electron chi connectivity index (χ2n) is 5.61. The van der Waals surface area contributed by atoms with Crippen molar-refractivity contribution in [1.29, 1.82) is 0 Å². The fourth-order valence-corrected chi connectivity index (χ4v) is 2.80. The molecule has 3 aromatic rings. The highest BCUT2D eigenvalue weighted by atomic mass is 35.5. The summed E-state index contributed by atoms with van der Waals surface area (Å²) in [6.45, 7) is 7.57. The summed E-state index contributed by atoms with van der Waals surface area (Å²) in [7, 11) is 0. The summed E-state index contributed by atoms with van der Waals surface area (Å²) in [6.07, 6.45) is 0. The number of fused-ring (bicyclic) bond motifs is 1. The number of hydrogen-bond donors (Lipinski definition) is 2. The van der Waals surface area contributed by atoms with Gasteiger partial charge in [0.15, 0.2) is 0 Å². The van der Waals surface area contributed by atoms with E-state index in [9.17, 15) is 0 Å². The lowest BCUT2D eigenvalue weighted by Gasteiger charge is -2.18. The van der Waals surface area contributed by atoms with Crippen molar-refractivity contribution in [2.24, 2.45) is 0 Å². The van der Waals surface area contributed by atoms with Gasteiger partial charge in [0.05, 0.1) is 5.52 Å². The van der Waals surface area contributed by atoms with Crippen LogP contribution in [0, 0.1) is 6.92 Å². The Bertz CT molecular complexity index is 909.